The zero-order valence-corrected chi connectivity index (χ0v) is 17.4. The zero-order chi connectivity index (χ0) is 20.3. The van der Waals surface area contributed by atoms with E-state index in [2.05, 4.69) is 5.10 Å². The van der Waals surface area contributed by atoms with E-state index in [1.165, 1.54) is 4.90 Å². The second-order valence-electron chi connectivity index (χ2n) is 8.90. The Morgan fingerprint density at radius 1 is 1.26 bits per heavy atom. The molecule has 2 heterocycles. The molecular formula is C20H30N4O3. The number of carbonyl (C=O) groups excluding carboxylic acids is 3. The zero-order valence-electron chi connectivity index (χ0n) is 17.4. The number of carbonyl (C=O) groups is 3. The van der Waals surface area contributed by atoms with Crippen molar-refractivity contribution < 1.29 is 14.4 Å². The summed E-state index contributed by atoms with van der Waals surface area (Å²) >= 11 is 0. The first-order valence-corrected chi connectivity index (χ1v) is 9.50. The lowest BCUT2D eigenvalue weighted by molar-refractivity contribution is -0.170. The van der Waals surface area contributed by atoms with Crippen molar-refractivity contribution in [2.24, 2.45) is 23.8 Å². The van der Waals surface area contributed by atoms with Crippen LogP contribution in [0.15, 0.2) is 0 Å². The molecule has 0 spiro atoms. The Hall–Kier alpha value is -2.18. The number of nitrogens with zero attached hydrogens (tertiary/aromatic N) is 4. The lowest BCUT2D eigenvalue weighted by Crippen LogP contribution is -2.60. The summed E-state index contributed by atoms with van der Waals surface area (Å²) in [6.07, 6.45) is 1.41. The summed E-state index contributed by atoms with van der Waals surface area (Å²) in [6.45, 7) is 10.0. The van der Waals surface area contributed by atoms with Crippen molar-refractivity contribution in [2.45, 2.75) is 54.0 Å². The summed E-state index contributed by atoms with van der Waals surface area (Å²) in [6, 6.07) is 0. The maximum absolute atomic E-state index is 13.1. The molecule has 1 saturated heterocycles. The van der Waals surface area contributed by atoms with Gasteiger partial charge in [0.2, 0.25) is 17.7 Å². The minimum atomic E-state index is -0.582. The quantitative estimate of drug-likeness (QED) is 0.753. The summed E-state index contributed by atoms with van der Waals surface area (Å²) in [5.74, 6) is -0.833. The van der Waals surface area contributed by atoms with Crippen molar-refractivity contribution in [3.05, 3.63) is 17.0 Å². The van der Waals surface area contributed by atoms with Crippen LogP contribution in [0, 0.1) is 30.6 Å². The topological polar surface area (TPSA) is 75.5 Å². The van der Waals surface area contributed by atoms with Crippen LogP contribution in [0.25, 0.3) is 0 Å². The number of hydrogen-bond acceptors (Lipinski definition) is 4. The maximum atomic E-state index is 13.1. The Labute approximate surface area is 160 Å². The molecule has 7 nitrogen and oxygen atoms in total. The van der Waals surface area contributed by atoms with Crippen molar-refractivity contribution in [1.29, 1.82) is 0 Å². The van der Waals surface area contributed by atoms with Crippen LogP contribution >= 0.6 is 0 Å². The molecule has 0 radical (unpaired) electrons. The predicted octanol–water partition coefficient (Wildman–Crippen LogP) is 1.81. The highest BCUT2D eigenvalue weighted by Gasteiger charge is 2.64. The summed E-state index contributed by atoms with van der Waals surface area (Å²) in [7, 11) is 3.57. The van der Waals surface area contributed by atoms with E-state index >= 15 is 0 Å². The first-order chi connectivity index (χ1) is 12.4. The van der Waals surface area contributed by atoms with Gasteiger partial charge in [-0.2, -0.15) is 5.10 Å². The van der Waals surface area contributed by atoms with E-state index in [9.17, 15) is 14.4 Å². The van der Waals surface area contributed by atoms with Gasteiger partial charge < -0.3 is 4.90 Å². The normalized spacial score (nSPS) is 26.6. The van der Waals surface area contributed by atoms with Crippen LogP contribution in [0.4, 0.5) is 0 Å². The Balaban J connectivity index is 1.76. The van der Waals surface area contributed by atoms with E-state index in [1.807, 2.05) is 41.7 Å². The molecule has 1 aromatic heterocycles. The van der Waals surface area contributed by atoms with Gasteiger partial charge in [0.25, 0.3) is 0 Å². The summed E-state index contributed by atoms with van der Waals surface area (Å²) < 4.78 is 1.79. The first-order valence-electron chi connectivity index (χ1n) is 9.50. The molecule has 1 aromatic rings. The van der Waals surface area contributed by atoms with Crippen LogP contribution in [-0.4, -0.2) is 50.9 Å². The fourth-order valence-corrected chi connectivity index (χ4v) is 4.68. The number of imide groups is 1. The van der Waals surface area contributed by atoms with Gasteiger partial charge in [0, 0.05) is 37.8 Å². The Morgan fingerprint density at radius 2 is 1.89 bits per heavy atom. The van der Waals surface area contributed by atoms with E-state index < -0.39 is 5.41 Å². The Morgan fingerprint density at radius 3 is 2.44 bits per heavy atom. The Kier molecular flexibility index (Phi) is 4.48. The van der Waals surface area contributed by atoms with Crippen LogP contribution in [0.2, 0.25) is 0 Å². The molecule has 3 rings (SSSR count). The van der Waals surface area contributed by atoms with Gasteiger partial charge in [0.05, 0.1) is 11.1 Å². The molecule has 3 amide bonds. The third kappa shape index (κ3) is 2.70. The van der Waals surface area contributed by atoms with E-state index in [4.69, 9.17) is 0 Å². The van der Waals surface area contributed by atoms with Crippen molar-refractivity contribution in [3.63, 3.8) is 0 Å². The molecule has 148 valence electrons. The average Bonchev–Trinajstić information content (AvgIpc) is 2.94. The molecule has 0 aromatic carbocycles. The van der Waals surface area contributed by atoms with Crippen molar-refractivity contribution >= 4 is 17.7 Å². The number of likely N-dealkylation sites (N-methyl/N-ethyl adjacent to an activating group) is 1. The molecule has 1 saturated carbocycles. The van der Waals surface area contributed by atoms with Gasteiger partial charge >= 0.3 is 0 Å². The standard InChI is InChI=1S/C20H30N4O3/c1-12-14(13(2)23(7)21-12)10-22(6)16(25)11-24-17(26)15-8-9-20(5,18(24)27)19(15,3)4/h15H,8-11H2,1-7H3/t15-,20-/m1/s1. The number of aryl methyl sites for hydroxylation is 2. The first kappa shape index (κ1) is 19.6. The maximum Gasteiger partial charge on any atom is 0.242 e. The highest BCUT2D eigenvalue weighted by atomic mass is 16.2. The smallest absolute Gasteiger partial charge is 0.242 e. The number of amides is 3. The van der Waals surface area contributed by atoms with Crippen molar-refractivity contribution in [2.75, 3.05) is 13.6 Å². The minimum Gasteiger partial charge on any atom is -0.340 e. The molecule has 2 bridgehead atoms. The lowest BCUT2D eigenvalue weighted by Gasteiger charge is -2.47. The van der Waals surface area contributed by atoms with E-state index in [-0.39, 0.29) is 35.6 Å². The third-order valence-electron chi connectivity index (χ3n) is 7.28. The van der Waals surface area contributed by atoms with Gasteiger partial charge in [-0.05, 0) is 32.1 Å². The SMILES string of the molecule is Cc1nn(C)c(C)c1CN(C)C(=O)CN1C(=O)[C@H]2CC[C@](C)(C1=O)C2(C)C. The van der Waals surface area contributed by atoms with Crippen LogP contribution in [0.1, 0.15) is 50.6 Å². The fraction of sp³-hybridized carbons (Fsp3) is 0.700. The number of hydrogen-bond donors (Lipinski definition) is 0. The van der Waals surface area contributed by atoms with Crippen molar-refractivity contribution in [3.8, 4) is 0 Å². The third-order valence-corrected chi connectivity index (χ3v) is 7.28. The molecule has 1 aliphatic heterocycles. The monoisotopic (exact) mass is 374 g/mol. The van der Waals surface area contributed by atoms with Gasteiger partial charge in [0.1, 0.15) is 6.54 Å². The van der Waals surface area contributed by atoms with E-state index in [1.54, 1.807) is 16.6 Å². The molecular weight excluding hydrogens is 344 g/mol. The Bertz CT molecular complexity index is 825. The average molecular weight is 374 g/mol. The molecule has 2 atom stereocenters. The molecule has 27 heavy (non-hydrogen) atoms. The number of fused-ring (bicyclic) bond motifs is 2. The summed E-state index contributed by atoms with van der Waals surface area (Å²) in [5.41, 5.74) is 1.94. The summed E-state index contributed by atoms with van der Waals surface area (Å²) in [4.78, 5) is 41.5. The second kappa shape index (κ2) is 6.17. The van der Waals surface area contributed by atoms with Gasteiger partial charge in [-0.15, -0.1) is 0 Å². The molecule has 2 fully saturated rings. The van der Waals surface area contributed by atoms with Gasteiger partial charge in [-0.1, -0.05) is 20.8 Å². The van der Waals surface area contributed by atoms with Crippen LogP contribution < -0.4 is 0 Å². The van der Waals surface area contributed by atoms with Gasteiger partial charge in [0.15, 0.2) is 0 Å². The number of likely N-dealkylation sites (tertiary alicyclic amines) is 1. The number of piperidine rings is 1. The fourth-order valence-electron chi connectivity index (χ4n) is 4.68. The van der Waals surface area contributed by atoms with Crippen molar-refractivity contribution in [1.82, 2.24) is 19.6 Å². The molecule has 7 heteroatoms. The molecule has 1 aliphatic carbocycles. The van der Waals surface area contributed by atoms with Gasteiger partial charge in [-0.25, -0.2) is 0 Å². The molecule has 0 N–H and O–H groups in total. The highest BCUT2D eigenvalue weighted by molar-refractivity contribution is 6.06. The van der Waals surface area contributed by atoms with Crippen LogP contribution in [0.5, 0.6) is 0 Å². The van der Waals surface area contributed by atoms with E-state index in [0.29, 0.717) is 19.4 Å². The minimum absolute atomic E-state index is 0.186. The molecule has 2 aliphatic rings. The van der Waals surface area contributed by atoms with E-state index in [0.717, 1.165) is 17.0 Å². The highest BCUT2D eigenvalue weighted by Crippen LogP contribution is 2.59. The van der Waals surface area contributed by atoms with Crippen LogP contribution in [-0.2, 0) is 28.0 Å². The number of rotatable bonds is 4. The predicted molar refractivity (Wildman–Crippen MR) is 100 cm³/mol. The lowest BCUT2D eigenvalue weighted by atomic mass is 9.62. The summed E-state index contributed by atoms with van der Waals surface area (Å²) in [5, 5.41) is 4.38. The second-order valence-corrected chi connectivity index (χ2v) is 8.90. The number of aromatic nitrogens is 2. The van der Waals surface area contributed by atoms with Crippen LogP contribution in [0.3, 0.4) is 0 Å². The van der Waals surface area contributed by atoms with Gasteiger partial charge in [-0.3, -0.25) is 24.0 Å². The molecule has 0 unspecified atom stereocenters. The largest absolute Gasteiger partial charge is 0.340 e.